The number of aliphatic hydroxyl groups excluding tert-OH is 1. The minimum absolute atomic E-state index is 0.0576. The molecule has 22 heavy (non-hydrogen) atoms. The Hall–Kier alpha value is -2.01. The highest BCUT2D eigenvalue weighted by molar-refractivity contribution is 6.00. The van der Waals surface area contributed by atoms with Crippen LogP contribution in [0.1, 0.15) is 19.8 Å². The van der Waals surface area contributed by atoms with Crippen LogP contribution < -0.4 is 5.32 Å². The summed E-state index contributed by atoms with van der Waals surface area (Å²) in [6.07, 6.45) is 3.43. The van der Waals surface area contributed by atoms with Crippen LogP contribution in [0.4, 0.5) is 10.5 Å². The maximum Gasteiger partial charge on any atom is 0.321 e. The smallest absolute Gasteiger partial charge is 0.321 e. The number of piperidine rings is 1. The molecule has 0 saturated carbocycles. The van der Waals surface area contributed by atoms with Gasteiger partial charge in [0.1, 0.15) is 0 Å². The molecule has 118 valence electrons. The summed E-state index contributed by atoms with van der Waals surface area (Å²) in [5, 5.41) is 13.8. The number of aliphatic hydroxyl groups is 1. The van der Waals surface area contributed by atoms with Crippen LogP contribution >= 0.6 is 0 Å². The second-order valence-corrected chi connectivity index (χ2v) is 6.17. The minimum atomic E-state index is -0.290. The van der Waals surface area contributed by atoms with Crippen molar-refractivity contribution in [3.8, 4) is 0 Å². The summed E-state index contributed by atoms with van der Waals surface area (Å²) in [4.78, 5) is 14.3. The molecule has 1 aromatic heterocycles. The number of hydrogen-bond donors (Lipinski definition) is 2. The summed E-state index contributed by atoms with van der Waals surface area (Å²) in [5.41, 5.74) is 1.88. The third-order valence-electron chi connectivity index (χ3n) is 4.65. The van der Waals surface area contributed by atoms with Gasteiger partial charge in [-0.25, -0.2) is 4.79 Å². The van der Waals surface area contributed by atoms with E-state index in [0.29, 0.717) is 19.0 Å². The van der Waals surface area contributed by atoms with Gasteiger partial charge in [0, 0.05) is 31.7 Å². The lowest BCUT2D eigenvalue weighted by Gasteiger charge is -2.33. The van der Waals surface area contributed by atoms with Gasteiger partial charge in [-0.3, -0.25) is 0 Å². The van der Waals surface area contributed by atoms with Gasteiger partial charge in [-0.05, 0) is 37.8 Å². The van der Waals surface area contributed by atoms with E-state index < -0.39 is 0 Å². The molecule has 1 aliphatic heterocycles. The molecule has 0 aliphatic carbocycles. The molecule has 1 fully saturated rings. The zero-order chi connectivity index (χ0) is 15.7. The lowest BCUT2D eigenvalue weighted by molar-refractivity contribution is 0.0820. The lowest BCUT2D eigenvalue weighted by atomic mass is 9.92. The number of likely N-dealkylation sites (tertiary alicyclic amines) is 1. The highest BCUT2D eigenvalue weighted by Gasteiger charge is 2.25. The number of carbonyl (C=O) groups excluding carboxylic acids is 1. The highest BCUT2D eigenvalue weighted by atomic mass is 16.3. The molecular weight excluding hydrogens is 278 g/mol. The Morgan fingerprint density at radius 2 is 2.05 bits per heavy atom. The number of nitrogens with one attached hydrogen (secondary N) is 1. The number of nitrogens with zero attached hydrogens (tertiary/aromatic N) is 2. The standard InChI is InChI=1S/C17H23N3O2/c1-12(21)13-7-10-20(11-8-13)17(22)18-15-5-3-4-14-6-9-19(2)16(14)15/h3-6,9,12-13,21H,7-8,10-11H2,1-2H3,(H,18,22)/t12-/m0/s1. The largest absolute Gasteiger partial charge is 0.393 e. The number of fused-ring (bicyclic) bond motifs is 1. The topological polar surface area (TPSA) is 57.5 Å². The summed E-state index contributed by atoms with van der Waals surface area (Å²) in [7, 11) is 1.98. The van der Waals surface area contributed by atoms with Gasteiger partial charge in [0.15, 0.2) is 0 Å². The first-order chi connectivity index (χ1) is 10.6. The van der Waals surface area contributed by atoms with Crippen LogP contribution in [-0.4, -0.2) is 39.8 Å². The fourth-order valence-corrected chi connectivity index (χ4v) is 3.24. The van der Waals surface area contributed by atoms with Crippen molar-refractivity contribution >= 4 is 22.6 Å². The van der Waals surface area contributed by atoms with E-state index >= 15 is 0 Å². The monoisotopic (exact) mass is 301 g/mol. The van der Waals surface area contributed by atoms with Crippen molar-refractivity contribution in [3.05, 3.63) is 30.5 Å². The number of amides is 2. The SMILES string of the molecule is C[C@H](O)C1CCN(C(=O)Nc2cccc3ccn(C)c23)CC1. The third-order valence-corrected chi connectivity index (χ3v) is 4.65. The van der Waals surface area contributed by atoms with Crippen molar-refractivity contribution in [1.82, 2.24) is 9.47 Å². The fourth-order valence-electron chi connectivity index (χ4n) is 3.24. The normalized spacial score (nSPS) is 17.7. The molecule has 5 nitrogen and oxygen atoms in total. The van der Waals surface area contributed by atoms with Crippen LogP contribution in [0.3, 0.4) is 0 Å². The first kappa shape index (κ1) is 14.9. The van der Waals surface area contributed by atoms with Crippen molar-refractivity contribution in [2.75, 3.05) is 18.4 Å². The Morgan fingerprint density at radius 1 is 1.32 bits per heavy atom. The molecule has 3 rings (SSSR count). The zero-order valence-corrected chi connectivity index (χ0v) is 13.1. The van der Waals surface area contributed by atoms with Gasteiger partial charge < -0.3 is 19.9 Å². The highest BCUT2D eigenvalue weighted by Crippen LogP contribution is 2.25. The number of carbonyl (C=O) groups is 1. The number of urea groups is 1. The van der Waals surface area contributed by atoms with E-state index in [2.05, 4.69) is 5.32 Å². The summed E-state index contributed by atoms with van der Waals surface area (Å²) < 4.78 is 2.02. The molecule has 5 heteroatoms. The molecule has 1 aromatic carbocycles. The number of aryl methyl sites for hydroxylation is 1. The first-order valence-corrected chi connectivity index (χ1v) is 7.84. The van der Waals surface area contributed by atoms with Crippen LogP contribution in [0.2, 0.25) is 0 Å². The van der Waals surface area contributed by atoms with Gasteiger partial charge in [-0.2, -0.15) is 0 Å². The van der Waals surface area contributed by atoms with Crippen molar-refractivity contribution < 1.29 is 9.90 Å². The number of aromatic nitrogens is 1. The molecule has 1 atom stereocenters. The van der Waals surface area contributed by atoms with E-state index in [1.807, 2.05) is 53.9 Å². The van der Waals surface area contributed by atoms with Crippen molar-refractivity contribution in [3.63, 3.8) is 0 Å². The third kappa shape index (κ3) is 2.81. The van der Waals surface area contributed by atoms with Crippen LogP contribution in [0.25, 0.3) is 10.9 Å². The van der Waals surface area contributed by atoms with Crippen molar-refractivity contribution in [2.24, 2.45) is 13.0 Å². The number of para-hydroxylation sites is 1. The molecule has 2 heterocycles. The van der Waals surface area contributed by atoms with Gasteiger partial charge in [-0.15, -0.1) is 0 Å². The minimum Gasteiger partial charge on any atom is -0.393 e. The van der Waals surface area contributed by atoms with Gasteiger partial charge in [0.2, 0.25) is 0 Å². The average molecular weight is 301 g/mol. The van der Waals surface area contributed by atoms with E-state index in [0.717, 1.165) is 29.4 Å². The van der Waals surface area contributed by atoms with Crippen molar-refractivity contribution in [1.29, 1.82) is 0 Å². The Bertz CT molecular complexity index is 670. The first-order valence-electron chi connectivity index (χ1n) is 7.84. The quantitative estimate of drug-likeness (QED) is 0.896. The van der Waals surface area contributed by atoms with Gasteiger partial charge in [-0.1, -0.05) is 12.1 Å². The van der Waals surface area contributed by atoms with Crippen LogP contribution in [-0.2, 0) is 7.05 Å². The molecule has 1 saturated heterocycles. The predicted octanol–water partition coefficient (Wildman–Crippen LogP) is 2.80. The summed E-state index contributed by atoms with van der Waals surface area (Å²) in [6, 6.07) is 7.91. The average Bonchev–Trinajstić information content (AvgIpc) is 2.90. The Morgan fingerprint density at radius 3 is 2.73 bits per heavy atom. The van der Waals surface area contributed by atoms with E-state index in [-0.39, 0.29) is 12.1 Å². The molecule has 2 aromatic rings. The summed E-state index contributed by atoms with van der Waals surface area (Å²) >= 11 is 0. The number of benzene rings is 1. The second-order valence-electron chi connectivity index (χ2n) is 6.17. The number of anilines is 1. The summed E-state index contributed by atoms with van der Waals surface area (Å²) in [5.74, 6) is 0.306. The fraction of sp³-hybridized carbons (Fsp3) is 0.471. The predicted molar refractivity (Wildman–Crippen MR) is 87.9 cm³/mol. The number of hydrogen-bond acceptors (Lipinski definition) is 2. The Kier molecular flexibility index (Phi) is 4.07. The molecule has 0 unspecified atom stereocenters. The molecular formula is C17H23N3O2. The molecule has 2 amide bonds. The van der Waals surface area contributed by atoms with Crippen molar-refractivity contribution in [2.45, 2.75) is 25.9 Å². The maximum absolute atomic E-state index is 12.5. The molecule has 0 bridgehead atoms. The Balaban J connectivity index is 1.70. The molecule has 2 N–H and O–H groups in total. The van der Waals surface area contributed by atoms with E-state index in [9.17, 15) is 9.90 Å². The van der Waals surface area contributed by atoms with E-state index in [4.69, 9.17) is 0 Å². The number of rotatable bonds is 2. The Labute approximate surface area is 130 Å². The molecule has 0 radical (unpaired) electrons. The van der Waals surface area contributed by atoms with E-state index in [1.165, 1.54) is 0 Å². The maximum atomic E-state index is 12.5. The molecule has 1 aliphatic rings. The summed E-state index contributed by atoms with van der Waals surface area (Å²) in [6.45, 7) is 3.23. The van der Waals surface area contributed by atoms with Crippen LogP contribution in [0, 0.1) is 5.92 Å². The van der Waals surface area contributed by atoms with Crippen LogP contribution in [0.5, 0.6) is 0 Å². The van der Waals surface area contributed by atoms with E-state index in [1.54, 1.807) is 0 Å². The molecule has 0 spiro atoms. The van der Waals surface area contributed by atoms with Crippen LogP contribution in [0.15, 0.2) is 30.5 Å². The van der Waals surface area contributed by atoms with Gasteiger partial charge >= 0.3 is 6.03 Å². The van der Waals surface area contributed by atoms with Gasteiger partial charge in [0.05, 0.1) is 17.3 Å². The second kappa shape index (κ2) is 6.01. The lowest BCUT2D eigenvalue weighted by Crippen LogP contribution is -2.42. The zero-order valence-electron chi connectivity index (χ0n) is 13.1. The van der Waals surface area contributed by atoms with Gasteiger partial charge in [0.25, 0.3) is 0 Å².